The van der Waals surface area contributed by atoms with Crippen molar-refractivity contribution < 1.29 is 9.59 Å². The highest BCUT2D eigenvalue weighted by molar-refractivity contribution is 7.10. The number of halogens is 1. The quantitative estimate of drug-likeness (QED) is 0.829. The summed E-state index contributed by atoms with van der Waals surface area (Å²) in [4.78, 5) is 27.4. The molecular formula is C18H20ClN3O2S. The van der Waals surface area contributed by atoms with Crippen molar-refractivity contribution in [2.45, 2.75) is 31.3 Å². The lowest BCUT2D eigenvalue weighted by Gasteiger charge is -2.26. The van der Waals surface area contributed by atoms with E-state index in [0.717, 1.165) is 24.9 Å². The third kappa shape index (κ3) is 4.32. The molecule has 0 aliphatic carbocycles. The van der Waals surface area contributed by atoms with Crippen molar-refractivity contribution in [3.05, 3.63) is 57.2 Å². The summed E-state index contributed by atoms with van der Waals surface area (Å²) in [5.41, 5.74) is 6.10. The van der Waals surface area contributed by atoms with E-state index in [4.69, 9.17) is 17.3 Å². The molecule has 5 nitrogen and oxygen atoms in total. The Hall–Kier alpha value is -2.05. The van der Waals surface area contributed by atoms with Crippen LogP contribution in [-0.2, 0) is 4.79 Å². The number of amides is 3. The highest BCUT2D eigenvalue weighted by Crippen LogP contribution is 2.35. The van der Waals surface area contributed by atoms with Crippen LogP contribution in [0.3, 0.4) is 0 Å². The molecule has 0 unspecified atom stereocenters. The molecule has 1 saturated heterocycles. The van der Waals surface area contributed by atoms with Gasteiger partial charge in [-0.3, -0.25) is 4.79 Å². The maximum Gasteiger partial charge on any atom is 0.312 e. The second-order valence-corrected chi connectivity index (χ2v) is 7.49. The lowest BCUT2D eigenvalue weighted by Crippen LogP contribution is -2.38. The molecule has 7 heteroatoms. The third-order valence-electron chi connectivity index (χ3n) is 4.41. The van der Waals surface area contributed by atoms with Crippen LogP contribution in [-0.4, -0.2) is 23.4 Å². The Bertz CT molecular complexity index is 733. The number of carbonyl (C=O) groups is 2. The van der Waals surface area contributed by atoms with Gasteiger partial charge < -0.3 is 16.0 Å². The molecule has 1 aliphatic heterocycles. The summed E-state index contributed by atoms with van der Waals surface area (Å²) in [6.45, 7) is 0.741. The molecule has 0 spiro atoms. The Kier molecular flexibility index (Phi) is 5.60. The Morgan fingerprint density at radius 2 is 2.08 bits per heavy atom. The summed E-state index contributed by atoms with van der Waals surface area (Å²) in [7, 11) is 0. The van der Waals surface area contributed by atoms with Crippen LogP contribution in [0.15, 0.2) is 41.8 Å². The predicted molar refractivity (Wildman–Crippen MR) is 99.5 cm³/mol. The molecular weight excluding hydrogens is 358 g/mol. The van der Waals surface area contributed by atoms with Crippen LogP contribution < -0.4 is 11.1 Å². The van der Waals surface area contributed by atoms with Crippen LogP contribution in [0.5, 0.6) is 0 Å². The van der Waals surface area contributed by atoms with Gasteiger partial charge in [0.25, 0.3) is 0 Å². The van der Waals surface area contributed by atoms with Crippen LogP contribution in [0, 0.1) is 0 Å². The first-order valence-electron chi connectivity index (χ1n) is 8.19. The topological polar surface area (TPSA) is 75.4 Å². The van der Waals surface area contributed by atoms with Crippen molar-refractivity contribution in [3.8, 4) is 0 Å². The van der Waals surface area contributed by atoms with E-state index in [-0.39, 0.29) is 18.4 Å². The van der Waals surface area contributed by atoms with Crippen LogP contribution in [0.25, 0.3) is 0 Å². The van der Waals surface area contributed by atoms with Gasteiger partial charge in [-0.25, -0.2) is 4.79 Å². The number of benzene rings is 1. The van der Waals surface area contributed by atoms with Gasteiger partial charge in [0.1, 0.15) is 0 Å². The molecule has 0 radical (unpaired) electrons. The summed E-state index contributed by atoms with van der Waals surface area (Å²) >= 11 is 7.59. The maximum atomic E-state index is 12.9. The van der Waals surface area contributed by atoms with E-state index in [1.165, 1.54) is 4.88 Å². The van der Waals surface area contributed by atoms with Crippen LogP contribution in [0.2, 0.25) is 5.02 Å². The lowest BCUT2D eigenvalue weighted by atomic mass is 10.0. The van der Waals surface area contributed by atoms with Gasteiger partial charge in [-0.2, -0.15) is 0 Å². The molecule has 2 aromatic rings. The molecule has 0 saturated carbocycles. The summed E-state index contributed by atoms with van der Waals surface area (Å²) in [5, 5.41) is 5.30. The van der Waals surface area contributed by atoms with Gasteiger partial charge in [0.15, 0.2) is 0 Å². The number of rotatable bonds is 5. The number of carbonyl (C=O) groups excluding carboxylic acids is 2. The van der Waals surface area contributed by atoms with E-state index in [9.17, 15) is 9.59 Å². The molecule has 2 heterocycles. The van der Waals surface area contributed by atoms with E-state index in [1.807, 2.05) is 16.3 Å². The standard InChI is InChI=1S/C18H20ClN3O2S/c19-13-7-5-12(6-8-13)14(21-18(20)24)11-17(23)22-9-1-3-15(22)16-4-2-10-25-16/h2,4-8,10,14-15H,1,3,9,11H2,(H3,20,21,24)/t14-,15-/m0/s1. The largest absolute Gasteiger partial charge is 0.352 e. The molecule has 1 aromatic heterocycles. The molecule has 0 bridgehead atoms. The van der Waals surface area contributed by atoms with E-state index in [0.29, 0.717) is 5.02 Å². The normalized spacial score (nSPS) is 18.1. The summed E-state index contributed by atoms with van der Waals surface area (Å²) in [6, 6.07) is 10.2. The predicted octanol–water partition coefficient (Wildman–Crippen LogP) is 3.86. The van der Waals surface area contributed by atoms with E-state index < -0.39 is 12.1 Å². The number of likely N-dealkylation sites (tertiary alicyclic amines) is 1. The average Bonchev–Trinajstić information content (AvgIpc) is 3.25. The van der Waals surface area contributed by atoms with Crippen molar-refractivity contribution in [2.24, 2.45) is 5.73 Å². The van der Waals surface area contributed by atoms with Crippen molar-refractivity contribution in [2.75, 3.05) is 6.54 Å². The highest BCUT2D eigenvalue weighted by Gasteiger charge is 2.32. The van der Waals surface area contributed by atoms with Crippen LogP contribution in [0.1, 0.15) is 41.8 Å². The molecule has 3 N–H and O–H groups in total. The molecule has 1 aliphatic rings. The second-order valence-electron chi connectivity index (χ2n) is 6.08. The molecule has 1 aromatic carbocycles. The van der Waals surface area contributed by atoms with E-state index in [2.05, 4.69) is 11.4 Å². The fourth-order valence-electron chi connectivity index (χ4n) is 3.25. The highest BCUT2D eigenvalue weighted by atomic mass is 35.5. The molecule has 25 heavy (non-hydrogen) atoms. The zero-order valence-electron chi connectivity index (χ0n) is 13.7. The number of primary amides is 1. The van der Waals surface area contributed by atoms with Gasteiger partial charge in [0.2, 0.25) is 5.91 Å². The van der Waals surface area contributed by atoms with Crippen LogP contribution >= 0.6 is 22.9 Å². The summed E-state index contributed by atoms with van der Waals surface area (Å²) in [5.74, 6) is 0.0181. The van der Waals surface area contributed by atoms with Gasteiger partial charge in [0.05, 0.1) is 18.5 Å². The van der Waals surface area contributed by atoms with Crippen molar-refractivity contribution in [1.29, 1.82) is 0 Å². The molecule has 3 rings (SSSR count). The van der Waals surface area contributed by atoms with E-state index in [1.54, 1.807) is 35.6 Å². The fraction of sp³-hybridized carbons (Fsp3) is 0.333. The van der Waals surface area contributed by atoms with Crippen molar-refractivity contribution >= 4 is 34.9 Å². The first-order valence-corrected chi connectivity index (χ1v) is 9.44. The number of urea groups is 1. The van der Waals surface area contributed by atoms with Gasteiger partial charge in [-0.05, 0) is 42.0 Å². The Balaban J connectivity index is 1.75. The molecule has 1 fully saturated rings. The minimum absolute atomic E-state index is 0.0181. The SMILES string of the molecule is NC(=O)N[C@@H](CC(=O)N1CCC[C@H]1c1cccs1)c1ccc(Cl)cc1. The van der Waals surface area contributed by atoms with Crippen molar-refractivity contribution in [3.63, 3.8) is 0 Å². The first-order chi connectivity index (χ1) is 12.0. The minimum Gasteiger partial charge on any atom is -0.352 e. The smallest absolute Gasteiger partial charge is 0.312 e. The van der Waals surface area contributed by atoms with Crippen LogP contribution in [0.4, 0.5) is 4.79 Å². The van der Waals surface area contributed by atoms with Gasteiger partial charge in [-0.1, -0.05) is 29.8 Å². The second kappa shape index (κ2) is 7.89. The summed E-state index contributed by atoms with van der Waals surface area (Å²) in [6.07, 6.45) is 2.14. The van der Waals surface area contributed by atoms with Gasteiger partial charge >= 0.3 is 6.03 Å². The number of thiophene rings is 1. The van der Waals surface area contributed by atoms with Gasteiger partial charge in [-0.15, -0.1) is 11.3 Å². The van der Waals surface area contributed by atoms with Crippen molar-refractivity contribution in [1.82, 2.24) is 10.2 Å². The minimum atomic E-state index is -0.649. The Labute approximate surface area is 155 Å². The molecule has 2 atom stereocenters. The Morgan fingerprint density at radius 3 is 2.72 bits per heavy atom. The number of nitrogens with one attached hydrogen (secondary N) is 1. The Morgan fingerprint density at radius 1 is 1.32 bits per heavy atom. The number of hydrogen-bond acceptors (Lipinski definition) is 3. The molecule has 3 amide bonds. The number of nitrogens with zero attached hydrogens (tertiary/aromatic N) is 1. The summed E-state index contributed by atoms with van der Waals surface area (Å²) < 4.78 is 0. The maximum absolute atomic E-state index is 12.9. The van der Waals surface area contributed by atoms with Gasteiger partial charge in [0, 0.05) is 16.4 Å². The molecule has 132 valence electrons. The van der Waals surface area contributed by atoms with E-state index >= 15 is 0 Å². The monoisotopic (exact) mass is 377 g/mol. The average molecular weight is 378 g/mol. The number of hydrogen-bond donors (Lipinski definition) is 2. The fourth-order valence-corrected chi connectivity index (χ4v) is 4.25. The number of nitrogens with two attached hydrogens (primary N) is 1. The zero-order valence-corrected chi connectivity index (χ0v) is 15.2. The lowest BCUT2D eigenvalue weighted by molar-refractivity contribution is -0.132. The zero-order chi connectivity index (χ0) is 17.8. The third-order valence-corrected chi connectivity index (χ3v) is 5.64. The first kappa shape index (κ1) is 17.8.